The number of aliphatic imine (C=N–C) groups is 1. The highest BCUT2D eigenvalue weighted by Crippen LogP contribution is 2.18. The maximum Gasteiger partial charge on any atom is 0.191 e. The Hall–Kier alpha value is -1.28. The topological polar surface area (TPSA) is 48.9 Å². The van der Waals surface area contributed by atoms with Gasteiger partial charge in [-0.3, -0.25) is 0 Å². The fourth-order valence-corrected chi connectivity index (χ4v) is 1.79. The molecule has 6 heteroatoms. The third-order valence-corrected chi connectivity index (χ3v) is 2.93. The molecule has 0 radical (unpaired) electrons. The zero-order valence-corrected chi connectivity index (χ0v) is 16.7. The molecule has 23 heavy (non-hydrogen) atoms. The summed E-state index contributed by atoms with van der Waals surface area (Å²) < 4.78 is 5.85. The van der Waals surface area contributed by atoms with E-state index in [1.54, 1.807) is 0 Å². The summed E-state index contributed by atoms with van der Waals surface area (Å²) in [4.78, 5) is 6.68. The fraction of sp³-hybridized carbons (Fsp3) is 0.471. The molecule has 2 N–H and O–H groups in total. The molecule has 1 aromatic carbocycles. The van der Waals surface area contributed by atoms with Crippen molar-refractivity contribution in [2.45, 2.75) is 13.5 Å². The lowest BCUT2D eigenvalue weighted by molar-refractivity contribution is 0.259. The normalized spacial score (nSPS) is 10.9. The zero-order chi connectivity index (χ0) is 16.2. The molecule has 5 nitrogen and oxygen atoms in total. The van der Waals surface area contributed by atoms with Crippen molar-refractivity contribution in [1.29, 1.82) is 0 Å². The van der Waals surface area contributed by atoms with Crippen LogP contribution in [0.3, 0.4) is 0 Å². The van der Waals surface area contributed by atoms with E-state index in [2.05, 4.69) is 27.1 Å². The SMILES string of the molecule is C=CCNC(=NCc1ccccc1OCCN(C)C)NCC.I. The summed E-state index contributed by atoms with van der Waals surface area (Å²) in [6.07, 6.45) is 1.81. The molecule has 130 valence electrons. The highest BCUT2D eigenvalue weighted by Gasteiger charge is 2.03. The largest absolute Gasteiger partial charge is 0.492 e. The molecular formula is C17H29IN4O. The van der Waals surface area contributed by atoms with Crippen LogP contribution in [0.25, 0.3) is 0 Å². The second kappa shape index (κ2) is 13.2. The van der Waals surface area contributed by atoms with Gasteiger partial charge in [0.2, 0.25) is 0 Å². The minimum absolute atomic E-state index is 0. The maximum absolute atomic E-state index is 5.85. The van der Waals surface area contributed by atoms with E-state index in [0.29, 0.717) is 19.7 Å². The number of hydrogen-bond acceptors (Lipinski definition) is 3. The molecule has 0 unspecified atom stereocenters. The fourth-order valence-electron chi connectivity index (χ4n) is 1.79. The van der Waals surface area contributed by atoms with Gasteiger partial charge < -0.3 is 20.3 Å². The van der Waals surface area contributed by atoms with Crippen LogP contribution >= 0.6 is 24.0 Å². The lowest BCUT2D eigenvalue weighted by Crippen LogP contribution is -2.37. The van der Waals surface area contributed by atoms with E-state index in [0.717, 1.165) is 30.4 Å². The third kappa shape index (κ3) is 9.45. The Morgan fingerprint density at radius 2 is 2.04 bits per heavy atom. The second-order valence-corrected chi connectivity index (χ2v) is 5.12. The van der Waals surface area contributed by atoms with Gasteiger partial charge in [0.25, 0.3) is 0 Å². The summed E-state index contributed by atoms with van der Waals surface area (Å²) in [5, 5.41) is 6.40. The van der Waals surface area contributed by atoms with Crippen molar-refractivity contribution in [3.8, 4) is 5.75 Å². The van der Waals surface area contributed by atoms with Crippen molar-refractivity contribution in [1.82, 2.24) is 15.5 Å². The highest BCUT2D eigenvalue weighted by atomic mass is 127. The molecule has 0 heterocycles. The maximum atomic E-state index is 5.85. The molecular weight excluding hydrogens is 403 g/mol. The van der Waals surface area contributed by atoms with Gasteiger partial charge in [0.05, 0.1) is 6.54 Å². The number of ether oxygens (including phenoxy) is 1. The third-order valence-electron chi connectivity index (χ3n) is 2.93. The summed E-state index contributed by atoms with van der Waals surface area (Å²) in [5.41, 5.74) is 1.08. The molecule has 0 atom stereocenters. The Morgan fingerprint density at radius 1 is 1.30 bits per heavy atom. The van der Waals surface area contributed by atoms with Gasteiger partial charge in [-0.25, -0.2) is 4.99 Å². The molecule has 0 aliphatic heterocycles. The number of nitrogens with zero attached hydrogens (tertiary/aromatic N) is 2. The predicted octanol–water partition coefficient (Wildman–Crippen LogP) is 2.49. The lowest BCUT2D eigenvalue weighted by atomic mass is 10.2. The molecule has 0 saturated heterocycles. The average Bonchev–Trinajstić information content (AvgIpc) is 2.51. The van der Waals surface area contributed by atoms with E-state index in [1.165, 1.54) is 0 Å². The van der Waals surface area contributed by atoms with E-state index >= 15 is 0 Å². The monoisotopic (exact) mass is 432 g/mol. The highest BCUT2D eigenvalue weighted by molar-refractivity contribution is 14.0. The van der Waals surface area contributed by atoms with Crippen molar-refractivity contribution < 1.29 is 4.74 Å². The van der Waals surface area contributed by atoms with E-state index in [1.807, 2.05) is 51.4 Å². The van der Waals surface area contributed by atoms with Crippen LogP contribution in [0.5, 0.6) is 5.75 Å². The van der Waals surface area contributed by atoms with Crippen LogP contribution in [0.15, 0.2) is 41.9 Å². The quantitative estimate of drug-likeness (QED) is 0.273. The molecule has 0 bridgehead atoms. The number of para-hydroxylation sites is 1. The van der Waals surface area contributed by atoms with Crippen molar-refractivity contribution in [2.75, 3.05) is 40.3 Å². The molecule has 0 aromatic heterocycles. The van der Waals surface area contributed by atoms with Gasteiger partial charge in [-0.2, -0.15) is 0 Å². The van der Waals surface area contributed by atoms with Crippen molar-refractivity contribution >= 4 is 29.9 Å². The van der Waals surface area contributed by atoms with Crippen molar-refractivity contribution in [2.24, 2.45) is 4.99 Å². The van der Waals surface area contributed by atoms with Crippen LogP contribution < -0.4 is 15.4 Å². The first-order valence-electron chi connectivity index (χ1n) is 7.65. The van der Waals surface area contributed by atoms with Crippen LogP contribution in [-0.2, 0) is 6.54 Å². The Bertz CT molecular complexity index is 477. The van der Waals surface area contributed by atoms with Crippen molar-refractivity contribution in [3.05, 3.63) is 42.5 Å². The molecule has 1 aromatic rings. The van der Waals surface area contributed by atoms with E-state index in [9.17, 15) is 0 Å². The number of nitrogens with one attached hydrogen (secondary N) is 2. The van der Waals surface area contributed by atoms with Gasteiger partial charge in [-0.05, 0) is 27.1 Å². The summed E-state index contributed by atoms with van der Waals surface area (Å²) in [6.45, 7) is 9.39. The van der Waals surface area contributed by atoms with Gasteiger partial charge in [0.15, 0.2) is 5.96 Å². The molecule has 1 rings (SSSR count). The Labute approximate surface area is 157 Å². The Morgan fingerprint density at radius 3 is 2.70 bits per heavy atom. The van der Waals surface area contributed by atoms with Crippen LogP contribution in [-0.4, -0.2) is 51.2 Å². The molecule has 0 saturated carbocycles. The van der Waals surface area contributed by atoms with Crippen molar-refractivity contribution in [3.63, 3.8) is 0 Å². The summed E-state index contributed by atoms with van der Waals surface area (Å²) in [7, 11) is 4.07. The van der Waals surface area contributed by atoms with Gasteiger partial charge in [0.1, 0.15) is 12.4 Å². The smallest absolute Gasteiger partial charge is 0.191 e. The Balaban J connectivity index is 0.00000484. The minimum Gasteiger partial charge on any atom is -0.492 e. The van der Waals surface area contributed by atoms with E-state index < -0.39 is 0 Å². The summed E-state index contributed by atoms with van der Waals surface area (Å²) >= 11 is 0. The number of likely N-dealkylation sites (N-methyl/N-ethyl adjacent to an activating group) is 1. The first kappa shape index (κ1) is 21.7. The lowest BCUT2D eigenvalue weighted by Gasteiger charge is -2.14. The van der Waals surface area contributed by atoms with Crippen LogP contribution in [0.2, 0.25) is 0 Å². The predicted molar refractivity (Wildman–Crippen MR) is 109 cm³/mol. The minimum atomic E-state index is 0. The standard InChI is InChI=1S/C17H28N4O.HI/c1-5-11-19-17(18-6-2)20-14-15-9-7-8-10-16(15)22-13-12-21(3)4;/h5,7-10H,1,6,11-14H2,2-4H3,(H2,18,19,20);1H. The van der Waals surface area contributed by atoms with Gasteiger partial charge in [-0.1, -0.05) is 24.3 Å². The Kier molecular flexibility index (Phi) is 12.5. The average molecular weight is 432 g/mol. The van der Waals surface area contributed by atoms with Gasteiger partial charge in [-0.15, -0.1) is 30.6 Å². The molecule has 0 aliphatic carbocycles. The van der Waals surface area contributed by atoms with Crippen LogP contribution in [0, 0.1) is 0 Å². The number of halogens is 1. The summed E-state index contributed by atoms with van der Waals surface area (Å²) in [6, 6.07) is 8.03. The number of hydrogen-bond donors (Lipinski definition) is 2. The van der Waals surface area contributed by atoms with Crippen LogP contribution in [0.4, 0.5) is 0 Å². The molecule has 0 fully saturated rings. The molecule has 0 aliphatic rings. The second-order valence-electron chi connectivity index (χ2n) is 5.12. The first-order valence-corrected chi connectivity index (χ1v) is 7.65. The van der Waals surface area contributed by atoms with E-state index in [4.69, 9.17) is 4.74 Å². The van der Waals surface area contributed by atoms with Gasteiger partial charge >= 0.3 is 0 Å². The number of rotatable bonds is 9. The van der Waals surface area contributed by atoms with E-state index in [-0.39, 0.29) is 24.0 Å². The number of guanidine groups is 1. The van der Waals surface area contributed by atoms with Gasteiger partial charge in [0, 0.05) is 25.2 Å². The van der Waals surface area contributed by atoms with Crippen LogP contribution in [0.1, 0.15) is 12.5 Å². The molecule has 0 spiro atoms. The number of benzene rings is 1. The molecule has 0 amide bonds. The zero-order valence-electron chi connectivity index (χ0n) is 14.3. The summed E-state index contributed by atoms with van der Waals surface area (Å²) in [5.74, 6) is 1.68. The first-order chi connectivity index (χ1) is 10.7.